The largest absolute Gasteiger partial charge is 0.269 e. The van der Waals surface area contributed by atoms with Gasteiger partial charge < -0.3 is 0 Å². The van der Waals surface area contributed by atoms with Crippen molar-refractivity contribution >= 4 is 63.1 Å². The highest BCUT2D eigenvalue weighted by molar-refractivity contribution is 7.81. The van der Waals surface area contributed by atoms with Gasteiger partial charge in [-0.3, -0.25) is 23.5 Å². The summed E-state index contributed by atoms with van der Waals surface area (Å²) >= 11 is 24.1. The fourth-order valence-corrected chi connectivity index (χ4v) is 2.89. The lowest BCUT2D eigenvalue weighted by Crippen LogP contribution is -1.56. The van der Waals surface area contributed by atoms with E-state index < -0.39 is 0 Å². The van der Waals surface area contributed by atoms with E-state index in [1.54, 1.807) is 0 Å². The second kappa shape index (κ2) is 32.1. The molecule has 0 aliphatic heterocycles. The normalized spacial score (nSPS) is 7.50. The first-order chi connectivity index (χ1) is 17.0. The van der Waals surface area contributed by atoms with Crippen LogP contribution in [0.1, 0.15) is 0 Å². The second-order valence-electron chi connectivity index (χ2n) is 6.57. The minimum Gasteiger partial charge on any atom is -0.269 e. The van der Waals surface area contributed by atoms with Crippen molar-refractivity contribution in [1.29, 1.82) is 0 Å². The molecule has 0 saturated heterocycles. The Morgan fingerprint density at radius 2 is 0.300 bits per heavy atom. The molecule has 0 N–H and O–H groups in total. The van der Waals surface area contributed by atoms with Gasteiger partial charge in [-0.15, -0.1) is 0 Å². The van der Waals surface area contributed by atoms with Gasteiger partial charge in [-0.1, -0.05) is 154 Å². The summed E-state index contributed by atoms with van der Waals surface area (Å²) < 4.78 is 0. The fourth-order valence-electron chi connectivity index (χ4n) is 2.10. The van der Waals surface area contributed by atoms with Crippen LogP contribution < -0.4 is 0 Å². The van der Waals surface area contributed by atoms with Crippen molar-refractivity contribution in [2.24, 2.45) is 0 Å². The molecule has 215 valence electrons. The summed E-state index contributed by atoms with van der Waals surface area (Å²) in [7, 11) is 0. The quantitative estimate of drug-likeness (QED) is 0.147. The number of hydrogen-bond acceptors (Lipinski definition) is 0. The Hall–Kier alpha value is -3.15. The lowest BCUT2D eigenvalue weighted by molar-refractivity contribution is 1.11. The Labute approximate surface area is 261 Å². The zero-order chi connectivity index (χ0) is 25.6. The average molecular weight is 646 g/mol. The van der Waals surface area contributed by atoms with E-state index in [1.807, 2.05) is 152 Å². The van der Waals surface area contributed by atoms with E-state index >= 15 is 0 Å². The van der Waals surface area contributed by atoms with Gasteiger partial charge in [0, 0.05) is 24.5 Å². The van der Waals surface area contributed by atoms with Crippen LogP contribution in [0.2, 0.25) is 0 Å². The first-order valence-corrected chi connectivity index (χ1v) is 12.6. The molecule has 40 heavy (non-hydrogen) atoms. The van der Waals surface area contributed by atoms with Crippen LogP contribution in [0.5, 0.6) is 0 Å². The third-order valence-corrected chi connectivity index (χ3v) is 5.08. The molecule has 5 aromatic rings. The van der Waals surface area contributed by atoms with Gasteiger partial charge >= 0.3 is 0 Å². The lowest BCUT2D eigenvalue weighted by Gasteiger charge is -1.80. The van der Waals surface area contributed by atoms with E-state index in [2.05, 4.69) is 0 Å². The molecular formula is C30H30F5S5. The maximum atomic E-state index is 4.81. The zero-order valence-corrected chi connectivity index (χ0v) is 25.1. The highest BCUT2D eigenvalue weighted by Gasteiger charge is 1.77. The molecule has 5 radical (unpaired) electrons. The highest BCUT2D eigenvalue weighted by atomic mass is 32.1. The van der Waals surface area contributed by atoms with Crippen molar-refractivity contribution in [3.63, 3.8) is 0 Å². The van der Waals surface area contributed by atoms with E-state index in [0.717, 1.165) is 24.5 Å². The van der Waals surface area contributed by atoms with Gasteiger partial charge in [0.15, 0.2) is 0 Å². The van der Waals surface area contributed by atoms with Crippen molar-refractivity contribution in [2.75, 3.05) is 0 Å². The summed E-state index contributed by atoms with van der Waals surface area (Å²) in [6.07, 6.45) is 0. The third-order valence-electron chi connectivity index (χ3n) is 3.72. The first-order valence-electron chi connectivity index (χ1n) is 10.6. The van der Waals surface area contributed by atoms with Gasteiger partial charge in [0.1, 0.15) is 0 Å². The van der Waals surface area contributed by atoms with Gasteiger partial charge in [-0.05, 0) is 60.7 Å². The average Bonchev–Trinajstić information content (AvgIpc) is 2.88. The zero-order valence-electron chi connectivity index (χ0n) is 21.0. The third kappa shape index (κ3) is 29.4. The van der Waals surface area contributed by atoms with Crippen LogP contribution >= 0.6 is 63.1 Å². The minimum absolute atomic E-state index is 0. The van der Waals surface area contributed by atoms with Gasteiger partial charge in [-0.2, -0.15) is 0 Å². The predicted octanol–water partition coefficient (Wildman–Crippen LogP) is 12.0. The monoisotopic (exact) mass is 645 g/mol. The standard InChI is InChI=1S/5C6H5S.5FH/c5*7-6-4-2-1-3-5-6;;;;;/h5*1-5H;5*1H. The molecule has 0 spiro atoms. The predicted molar refractivity (Wildman–Crippen MR) is 174 cm³/mol. The molecule has 0 bridgehead atoms. The van der Waals surface area contributed by atoms with Crippen molar-refractivity contribution in [2.45, 2.75) is 24.5 Å². The lowest BCUT2D eigenvalue weighted by atomic mass is 10.4. The first kappa shape index (κ1) is 46.7. The van der Waals surface area contributed by atoms with E-state index in [-0.39, 0.29) is 23.5 Å². The maximum Gasteiger partial charge on any atom is 0.0377 e. The van der Waals surface area contributed by atoms with Crippen LogP contribution in [0.4, 0.5) is 23.5 Å². The summed E-state index contributed by atoms with van der Waals surface area (Å²) in [5.41, 5.74) is 0. The van der Waals surface area contributed by atoms with E-state index in [9.17, 15) is 0 Å². The SMILES string of the molecule is F.F.F.F.F.[S]c1ccccc1.[S]c1ccccc1.[S]c1ccccc1.[S]c1ccccc1.[S]c1ccccc1. The van der Waals surface area contributed by atoms with E-state index in [4.69, 9.17) is 63.1 Å². The maximum absolute atomic E-state index is 4.81. The van der Waals surface area contributed by atoms with Crippen LogP contribution in [0, 0.1) is 0 Å². The van der Waals surface area contributed by atoms with E-state index in [1.165, 1.54) is 0 Å². The minimum atomic E-state index is 0. The van der Waals surface area contributed by atoms with Crippen LogP contribution in [0.25, 0.3) is 0 Å². The molecule has 0 nitrogen and oxygen atoms in total. The van der Waals surface area contributed by atoms with Crippen LogP contribution in [-0.4, -0.2) is 0 Å². The van der Waals surface area contributed by atoms with Gasteiger partial charge in [0.25, 0.3) is 0 Å². The number of benzene rings is 5. The second-order valence-corrected chi connectivity index (χ2v) is 8.92. The molecule has 0 unspecified atom stereocenters. The van der Waals surface area contributed by atoms with Crippen LogP contribution in [0.3, 0.4) is 0 Å². The molecule has 0 fully saturated rings. The summed E-state index contributed by atoms with van der Waals surface area (Å²) in [5.74, 6) is 0. The molecule has 0 aromatic heterocycles. The smallest absolute Gasteiger partial charge is 0.0377 e. The molecular weight excluding hydrogens is 616 g/mol. The molecule has 0 saturated carbocycles. The van der Waals surface area contributed by atoms with Gasteiger partial charge in [0.05, 0.1) is 0 Å². The Kier molecular flexibility index (Phi) is 37.4. The van der Waals surface area contributed by atoms with Crippen molar-refractivity contribution in [3.8, 4) is 0 Å². The van der Waals surface area contributed by atoms with Crippen molar-refractivity contribution < 1.29 is 23.5 Å². The number of halogens is 5. The Morgan fingerprint density at radius 3 is 0.350 bits per heavy atom. The Balaban J connectivity index is -0.000000124. The van der Waals surface area contributed by atoms with Crippen molar-refractivity contribution in [3.05, 3.63) is 152 Å². The molecule has 10 heteroatoms. The fraction of sp³-hybridized carbons (Fsp3) is 0. The van der Waals surface area contributed by atoms with Gasteiger partial charge in [-0.25, -0.2) is 0 Å². The molecule has 0 aliphatic rings. The summed E-state index contributed by atoms with van der Waals surface area (Å²) in [6, 6.07) is 48.1. The molecule has 5 rings (SSSR count). The van der Waals surface area contributed by atoms with Gasteiger partial charge in [0.2, 0.25) is 0 Å². The highest BCUT2D eigenvalue weighted by Crippen LogP contribution is 2.03. The van der Waals surface area contributed by atoms with Crippen LogP contribution in [0.15, 0.2) is 176 Å². The van der Waals surface area contributed by atoms with E-state index in [0.29, 0.717) is 0 Å². The molecule has 5 aromatic carbocycles. The summed E-state index contributed by atoms with van der Waals surface area (Å²) in [6.45, 7) is 0. The Morgan fingerprint density at radius 1 is 0.200 bits per heavy atom. The molecule has 0 amide bonds. The number of rotatable bonds is 0. The molecule has 0 atom stereocenters. The molecule has 0 aliphatic carbocycles. The Bertz CT molecular complexity index is 910. The van der Waals surface area contributed by atoms with Crippen molar-refractivity contribution in [1.82, 2.24) is 0 Å². The number of hydrogen-bond donors (Lipinski definition) is 0. The molecule has 0 heterocycles. The summed E-state index contributed by atoms with van der Waals surface area (Å²) in [5, 5.41) is 0. The topological polar surface area (TPSA) is 0 Å². The van der Waals surface area contributed by atoms with Crippen LogP contribution in [-0.2, 0) is 0 Å². The summed E-state index contributed by atoms with van der Waals surface area (Å²) in [4.78, 5) is 4.53.